The highest BCUT2D eigenvalue weighted by atomic mass is 35.5. The molecule has 5 nitrogen and oxygen atoms in total. The first-order valence-electron chi connectivity index (χ1n) is 5.86. The molecule has 6 heteroatoms. The van der Waals surface area contributed by atoms with Crippen LogP contribution in [-0.4, -0.2) is 46.5 Å². The number of morpholine rings is 1. The molecule has 2 heterocycles. The Balaban J connectivity index is 2.17. The van der Waals surface area contributed by atoms with E-state index in [2.05, 4.69) is 4.98 Å². The number of hydrogen-bond donors (Lipinski definition) is 0. The molecule has 0 spiro atoms. The first-order valence-corrected chi connectivity index (χ1v) is 6.39. The number of nitrogens with zero attached hydrogens (tertiary/aromatic N) is 2. The molecule has 1 unspecified atom stereocenters. The Labute approximate surface area is 111 Å². The Hall–Kier alpha value is -1.07. The molecule has 1 atom stereocenters. The van der Waals surface area contributed by atoms with Crippen LogP contribution in [0, 0.1) is 6.92 Å². The maximum absolute atomic E-state index is 12.3. The third-order valence-corrected chi connectivity index (χ3v) is 3.22. The Bertz CT molecular complexity index is 444. The summed E-state index contributed by atoms with van der Waals surface area (Å²) in [6.07, 6.45) is 1.13. The van der Waals surface area contributed by atoms with Crippen LogP contribution in [0.25, 0.3) is 0 Å². The molecule has 1 fully saturated rings. The van der Waals surface area contributed by atoms with Crippen molar-refractivity contribution in [1.29, 1.82) is 0 Å². The van der Waals surface area contributed by atoms with Crippen LogP contribution in [0.2, 0.25) is 0 Å². The normalized spacial score (nSPS) is 23.1. The average molecular weight is 273 g/mol. The lowest BCUT2D eigenvalue weighted by molar-refractivity contribution is -0.117. The summed E-state index contributed by atoms with van der Waals surface area (Å²) >= 11 is 5.84. The van der Waals surface area contributed by atoms with Crippen molar-refractivity contribution >= 4 is 17.5 Å². The van der Waals surface area contributed by atoms with Crippen LogP contribution in [0.1, 0.15) is 30.1 Å². The zero-order valence-corrected chi connectivity index (χ0v) is 11.5. The third-order valence-electron chi connectivity index (χ3n) is 2.88. The Morgan fingerprint density at radius 3 is 2.94 bits per heavy atom. The molecule has 0 aliphatic carbocycles. The second kappa shape index (κ2) is 4.90. The van der Waals surface area contributed by atoms with Gasteiger partial charge in [0.1, 0.15) is 0 Å². The highest BCUT2D eigenvalue weighted by Crippen LogP contribution is 2.23. The van der Waals surface area contributed by atoms with E-state index in [1.807, 2.05) is 13.8 Å². The predicted octanol–water partition coefficient (Wildman–Crippen LogP) is 1.84. The highest BCUT2D eigenvalue weighted by Gasteiger charge is 2.36. The lowest BCUT2D eigenvalue weighted by atomic mass is 10.1. The molecule has 1 saturated heterocycles. The van der Waals surface area contributed by atoms with Crippen molar-refractivity contribution in [2.45, 2.75) is 32.5 Å². The average Bonchev–Trinajstić information content (AvgIpc) is 2.72. The summed E-state index contributed by atoms with van der Waals surface area (Å²) < 4.78 is 10.9. The number of hydrogen-bond acceptors (Lipinski definition) is 4. The lowest BCUT2D eigenvalue weighted by Crippen LogP contribution is -2.55. The maximum atomic E-state index is 12.3. The van der Waals surface area contributed by atoms with Gasteiger partial charge in [-0.1, -0.05) is 0 Å². The third kappa shape index (κ3) is 2.67. The van der Waals surface area contributed by atoms with Gasteiger partial charge in [-0.2, -0.15) is 0 Å². The zero-order chi connectivity index (χ0) is 13.3. The molecule has 1 amide bonds. The summed E-state index contributed by atoms with van der Waals surface area (Å²) in [5.41, 5.74) is 0.202. The van der Waals surface area contributed by atoms with Crippen LogP contribution in [-0.2, 0) is 4.74 Å². The van der Waals surface area contributed by atoms with Crippen LogP contribution >= 0.6 is 11.6 Å². The predicted molar refractivity (Wildman–Crippen MR) is 66.8 cm³/mol. The molecule has 0 aromatic carbocycles. The molecular formula is C12H17ClN2O3. The van der Waals surface area contributed by atoms with E-state index < -0.39 is 5.60 Å². The first kappa shape index (κ1) is 13.4. The number of carbonyl (C=O) groups excluding carboxylic acids is 1. The van der Waals surface area contributed by atoms with Crippen LogP contribution in [0.3, 0.4) is 0 Å². The molecule has 0 saturated carbocycles. The topological polar surface area (TPSA) is 55.6 Å². The van der Waals surface area contributed by atoms with E-state index in [0.717, 1.165) is 0 Å². The van der Waals surface area contributed by atoms with E-state index in [0.29, 0.717) is 30.4 Å². The number of oxazole rings is 1. The number of amides is 1. The second-order valence-electron chi connectivity index (χ2n) is 5.11. The number of ether oxygens (including phenoxy) is 1. The molecule has 0 bridgehead atoms. The molecule has 2 rings (SSSR count). The summed E-state index contributed by atoms with van der Waals surface area (Å²) in [4.78, 5) is 18.0. The van der Waals surface area contributed by atoms with Crippen LogP contribution < -0.4 is 0 Å². The first-order chi connectivity index (χ1) is 8.43. The van der Waals surface area contributed by atoms with Crippen molar-refractivity contribution in [3.63, 3.8) is 0 Å². The fourth-order valence-corrected chi connectivity index (χ4v) is 2.34. The maximum Gasteiger partial charge on any atom is 0.291 e. The van der Waals surface area contributed by atoms with Crippen molar-refractivity contribution in [3.05, 3.63) is 17.8 Å². The molecule has 1 aromatic heterocycles. The fourth-order valence-electron chi connectivity index (χ4n) is 2.18. The van der Waals surface area contributed by atoms with Gasteiger partial charge in [0.25, 0.3) is 5.91 Å². The van der Waals surface area contributed by atoms with Gasteiger partial charge in [0.2, 0.25) is 5.76 Å². The summed E-state index contributed by atoms with van der Waals surface area (Å²) in [5, 5.41) is 0. The number of halogens is 1. The monoisotopic (exact) mass is 272 g/mol. The number of aromatic nitrogens is 1. The molecule has 1 aliphatic rings. The molecule has 0 N–H and O–H groups in total. The van der Waals surface area contributed by atoms with Crippen molar-refractivity contribution < 1.29 is 13.9 Å². The number of carbonyl (C=O) groups is 1. The van der Waals surface area contributed by atoms with Crippen LogP contribution in [0.4, 0.5) is 0 Å². The van der Waals surface area contributed by atoms with E-state index in [4.69, 9.17) is 20.8 Å². The highest BCUT2D eigenvalue weighted by molar-refractivity contribution is 6.18. The summed E-state index contributed by atoms with van der Waals surface area (Å²) in [7, 11) is 0. The van der Waals surface area contributed by atoms with Gasteiger partial charge in [-0.25, -0.2) is 4.98 Å². The fraction of sp³-hybridized carbons (Fsp3) is 0.667. The summed E-state index contributed by atoms with van der Waals surface area (Å²) in [5.74, 6) is 0.500. The standard InChI is InChI=1S/C12H17ClN2O3/c1-8-10(17-7-14-8)11(16)15-5-9(4-13)18-12(2,3)6-15/h7,9H,4-6H2,1-3H3. The minimum absolute atomic E-state index is 0.150. The van der Waals surface area contributed by atoms with Crippen molar-refractivity contribution in [2.75, 3.05) is 19.0 Å². The minimum Gasteiger partial charge on any atom is -0.438 e. The van der Waals surface area contributed by atoms with Crippen LogP contribution in [0.5, 0.6) is 0 Å². The molecule has 18 heavy (non-hydrogen) atoms. The van der Waals surface area contributed by atoms with Crippen molar-refractivity contribution in [1.82, 2.24) is 9.88 Å². The molecule has 1 aromatic rings. The number of alkyl halides is 1. The molecular weight excluding hydrogens is 256 g/mol. The molecule has 0 radical (unpaired) electrons. The lowest BCUT2D eigenvalue weighted by Gasteiger charge is -2.41. The Kier molecular flexibility index (Phi) is 3.64. The van der Waals surface area contributed by atoms with E-state index in [1.165, 1.54) is 6.39 Å². The van der Waals surface area contributed by atoms with Gasteiger partial charge in [-0.3, -0.25) is 4.79 Å². The zero-order valence-electron chi connectivity index (χ0n) is 10.8. The van der Waals surface area contributed by atoms with Crippen molar-refractivity contribution in [2.24, 2.45) is 0 Å². The van der Waals surface area contributed by atoms with E-state index in [-0.39, 0.29) is 12.0 Å². The smallest absolute Gasteiger partial charge is 0.291 e. The Morgan fingerprint density at radius 2 is 2.39 bits per heavy atom. The largest absolute Gasteiger partial charge is 0.438 e. The molecule has 1 aliphatic heterocycles. The SMILES string of the molecule is Cc1ncoc1C(=O)N1CC(CCl)OC(C)(C)C1. The van der Waals surface area contributed by atoms with Gasteiger partial charge in [0, 0.05) is 13.1 Å². The van der Waals surface area contributed by atoms with E-state index >= 15 is 0 Å². The number of rotatable bonds is 2. The van der Waals surface area contributed by atoms with Gasteiger partial charge in [0.15, 0.2) is 6.39 Å². The summed E-state index contributed by atoms with van der Waals surface area (Å²) in [6.45, 7) is 6.63. The molecule has 100 valence electrons. The number of aryl methyl sites for hydroxylation is 1. The van der Waals surface area contributed by atoms with Gasteiger partial charge < -0.3 is 14.1 Å². The summed E-state index contributed by atoms with van der Waals surface area (Å²) in [6, 6.07) is 0. The van der Waals surface area contributed by atoms with Gasteiger partial charge >= 0.3 is 0 Å². The van der Waals surface area contributed by atoms with Crippen LogP contribution in [0.15, 0.2) is 10.8 Å². The second-order valence-corrected chi connectivity index (χ2v) is 5.42. The van der Waals surface area contributed by atoms with Gasteiger partial charge in [-0.05, 0) is 20.8 Å². The van der Waals surface area contributed by atoms with E-state index in [1.54, 1.807) is 11.8 Å². The minimum atomic E-state index is -0.401. The Morgan fingerprint density at radius 1 is 1.67 bits per heavy atom. The van der Waals surface area contributed by atoms with Gasteiger partial charge in [0.05, 0.1) is 23.3 Å². The van der Waals surface area contributed by atoms with Crippen molar-refractivity contribution in [3.8, 4) is 0 Å². The van der Waals surface area contributed by atoms with Gasteiger partial charge in [-0.15, -0.1) is 11.6 Å². The van der Waals surface area contributed by atoms with E-state index in [9.17, 15) is 4.79 Å². The quantitative estimate of drug-likeness (QED) is 0.771.